The molecule has 5 rings (SSSR count). The van der Waals surface area contributed by atoms with E-state index in [1.54, 1.807) is 7.11 Å². The summed E-state index contributed by atoms with van der Waals surface area (Å²) in [5, 5.41) is 5.01. The second-order valence-corrected chi connectivity index (χ2v) is 9.22. The van der Waals surface area contributed by atoms with Gasteiger partial charge in [-0.15, -0.1) is 0 Å². The number of likely N-dealkylation sites (N-methyl/N-ethyl adjacent to an activating group) is 1. The normalized spacial score (nSPS) is 21.9. The maximum absolute atomic E-state index is 5.32. The van der Waals surface area contributed by atoms with Gasteiger partial charge in [0.2, 0.25) is 5.88 Å². The van der Waals surface area contributed by atoms with E-state index in [1.165, 1.54) is 11.4 Å². The average molecular weight is 436 g/mol. The van der Waals surface area contributed by atoms with Crippen LogP contribution in [0.15, 0.2) is 36.8 Å². The van der Waals surface area contributed by atoms with Gasteiger partial charge in [0.05, 0.1) is 30.5 Å². The third-order valence-electron chi connectivity index (χ3n) is 7.00. The molecule has 0 aliphatic carbocycles. The average Bonchev–Trinajstić information content (AvgIpc) is 3.39. The summed E-state index contributed by atoms with van der Waals surface area (Å²) in [6, 6.07) is 8.97. The van der Waals surface area contributed by atoms with Gasteiger partial charge in [0, 0.05) is 63.0 Å². The molecule has 2 aliphatic heterocycles. The van der Waals surface area contributed by atoms with Crippen molar-refractivity contribution in [1.29, 1.82) is 0 Å². The lowest BCUT2D eigenvalue weighted by atomic mass is 9.95. The highest BCUT2D eigenvalue weighted by Crippen LogP contribution is 2.30. The molecule has 2 unspecified atom stereocenters. The predicted molar refractivity (Wildman–Crippen MR) is 123 cm³/mol. The molecule has 0 aromatic carbocycles. The van der Waals surface area contributed by atoms with Crippen molar-refractivity contribution < 1.29 is 4.74 Å². The molecule has 8 nitrogen and oxygen atoms in total. The molecule has 2 aliphatic rings. The number of ether oxygens (including phenoxy) is 1. The Kier molecular flexibility index (Phi) is 5.73. The van der Waals surface area contributed by atoms with Crippen LogP contribution in [0.2, 0.25) is 0 Å². The first kappa shape index (κ1) is 21.2. The molecule has 3 aromatic rings. The number of methoxy groups -OCH3 is 1. The molecule has 8 heteroatoms. The Morgan fingerprint density at radius 2 is 1.97 bits per heavy atom. The lowest BCUT2D eigenvalue weighted by Crippen LogP contribution is -2.50. The van der Waals surface area contributed by atoms with E-state index >= 15 is 0 Å². The molecular formula is C24H33N7O. The molecule has 0 bridgehead atoms. The molecule has 0 radical (unpaired) electrons. The van der Waals surface area contributed by atoms with Crippen LogP contribution in [0.25, 0.3) is 11.4 Å². The number of rotatable bonds is 5. The second-order valence-electron chi connectivity index (χ2n) is 9.22. The Labute approximate surface area is 189 Å². The number of hydrogen-bond acceptors (Lipinski definition) is 6. The molecule has 5 heterocycles. The maximum atomic E-state index is 5.32. The second kappa shape index (κ2) is 8.67. The molecule has 0 saturated carbocycles. The molecule has 2 atom stereocenters. The topological polar surface area (TPSA) is 64.2 Å². The fraction of sp³-hybridized carbons (Fsp3) is 0.542. The third kappa shape index (κ3) is 3.93. The minimum absolute atomic E-state index is 0.455. The zero-order valence-electron chi connectivity index (χ0n) is 19.5. The number of pyridine rings is 1. The van der Waals surface area contributed by atoms with Crippen molar-refractivity contribution in [1.82, 2.24) is 34.1 Å². The lowest BCUT2D eigenvalue weighted by Gasteiger charge is -2.41. The number of nitrogens with zero attached hydrogens (tertiary/aromatic N) is 7. The van der Waals surface area contributed by atoms with Crippen molar-refractivity contribution in [3.05, 3.63) is 48.2 Å². The highest BCUT2D eigenvalue weighted by molar-refractivity contribution is 5.55. The van der Waals surface area contributed by atoms with E-state index in [9.17, 15) is 0 Å². The van der Waals surface area contributed by atoms with Gasteiger partial charge in [0.1, 0.15) is 5.69 Å². The number of fused-ring (bicyclic) bond motifs is 2. The summed E-state index contributed by atoms with van der Waals surface area (Å²) in [6.45, 7) is 12.7. The van der Waals surface area contributed by atoms with Crippen LogP contribution in [0.3, 0.4) is 0 Å². The van der Waals surface area contributed by atoms with Crippen LogP contribution in [-0.2, 0) is 26.2 Å². The Balaban J connectivity index is 1.48. The van der Waals surface area contributed by atoms with E-state index in [0.717, 1.165) is 50.7 Å². The quantitative estimate of drug-likeness (QED) is 0.614. The zero-order valence-corrected chi connectivity index (χ0v) is 19.5. The summed E-state index contributed by atoms with van der Waals surface area (Å²) < 4.78 is 9.88. The smallest absolute Gasteiger partial charge is 0.213 e. The van der Waals surface area contributed by atoms with Crippen molar-refractivity contribution in [2.45, 2.75) is 59.0 Å². The Bertz CT molecular complexity index is 1070. The first-order valence-corrected chi connectivity index (χ1v) is 11.6. The first-order chi connectivity index (χ1) is 15.6. The van der Waals surface area contributed by atoms with Crippen LogP contribution >= 0.6 is 0 Å². The molecule has 0 fully saturated rings. The largest absolute Gasteiger partial charge is 0.481 e. The van der Waals surface area contributed by atoms with Gasteiger partial charge in [-0.2, -0.15) is 5.10 Å². The fourth-order valence-corrected chi connectivity index (χ4v) is 5.11. The SMILES string of the molecule is CCN1Cc2cncn2CC1C1CN(C(C)C)Cc2cc(-c3cccc(OC)n3)nn2C1. The molecule has 0 saturated heterocycles. The van der Waals surface area contributed by atoms with Gasteiger partial charge in [-0.3, -0.25) is 14.5 Å². The molecule has 0 spiro atoms. The molecule has 170 valence electrons. The third-order valence-corrected chi connectivity index (χ3v) is 7.00. The summed E-state index contributed by atoms with van der Waals surface area (Å²) in [4.78, 5) is 14.2. The summed E-state index contributed by atoms with van der Waals surface area (Å²) >= 11 is 0. The molecular weight excluding hydrogens is 402 g/mol. The van der Waals surface area contributed by atoms with Crippen molar-refractivity contribution in [2.75, 3.05) is 20.2 Å². The van der Waals surface area contributed by atoms with E-state index in [-0.39, 0.29) is 0 Å². The van der Waals surface area contributed by atoms with Gasteiger partial charge in [-0.25, -0.2) is 9.97 Å². The number of aromatic nitrogens is 5. The molecule has 32 heavy (non-hydrogen) atoms. The minimum Gasteiger partial charge on any atom is -0.481 e. The van der Waals surface area contributed by atoms with Gasteiger partial charge in [-0.1, -0.05) is 13.0 Å². The van der Waals surface area contributed by atoms with Crippen molar-refractivity contribution in [3.8, 4) is 17.3 Å². The summed E-state index contributed by atoms with van der Waals surface area (Å²) in [5.74, 6) is 1.09. The summed E-state index contributed by atoms with van der Waals surface area (Å²) in [7, 11) is 1.65. The van der Waals surface area contributed by atoms with E-state index in [0.29, 0.717) is 23.9 Å². The van der Waals surface area contributed by atoms with Gasteiger partial charge in [-0.05, 0) is 32.5 Å². The Morgan fingerprint density at radius 1 is 1.09 bits per heavy atom. The number of hydrogen-bond donors (Lipinski definition) is 0. The standard InChI is InChI=1S/C24H33N7O/c1-5-28-14-20-10-25-16-30(20)15-23(28)18-11-29(17(2)3)13-19-9-22(27-31(19)12-18)21-7-6-8-24(26-21)32-4/h6-10,16-18,23H,5,11-15H2,1-4H3. The van der Waals surface area contributed by atoms with Crippen molar-refractivity contribution >= 4 is 0 Å². The van der Waals surface area contributed by atoms with Gasteiger partial charge in [0.15, 0.2) is 0 Å². The van der Waals surface area contributed by atoms with Crippen LogP contribution in [0.4, 0.5) is 0 Å². The first-order valence-electron chi connectivity index (χ1n) is 11.6. The van der Waals surface area contributed by atoms with Gasteiger partial charge >= 0.3 is 0 Å². The van der Waals surface area contributed by atoms with Crippen LogP contribution in [0.5, 0.6) is 5.88 Å². The highest BCUT2D eigenvalue weighted by atomic mass is 16.5. The number of imidazole rings is 1. The fourth-order valence-electron chi connectivity index (χ4n) is 5.11. The molecule has 0 amide bonds. The van der Waals surface area contributed by atoms with E-state index in [4.69, 9.17) is 9.84 Å². The van der Waals surface area contributed by atoms with E-state index in [1.807, 2.05) is 30.7 Å². The van der Waals surface area contributed by atoms with Crippen LogP contribution in [-0.4, -0.2) is 66.4 Å². The lowest BCUT2D eigenvalue weighted by molar-refractivity contribution is 0.0631. The minimum atomic E-state index is 0.455. The summed E-state index contributed by atoms with van der Waals surface area (Å²) in [5.41, 5.74) is 4.33. The molecule has 3 aromatic heterocycles. The van der Waals surface area contributed by atoms with Crippen LogP contribution in [0.1, 0.15) is 32.2 Å². The van der Waals surface area contributed by atoms with E-state index < -0.39 is 0 Å². The molecule has 0 N–H and O–H groups in total. The zero-order chi connectivity index (χ0) is 22.2. The Hall–Kier alpha value is -2.71. The maximum Gasteiger partial charge on any atom is 0.213 e. The predicted octanol–water partition coefficient (Wildman–Crippen LogP) is 2.89. The monoisotopic (exact) mass is 435 g/mol. The van der Waals surface area contributed by atoms with Crippen LogP contribution < -0.4 is 4.74 Å². The van der Waals surface area contributed by atoms with Crippen LogP contribution in [0, 0.1) is 5.92 Å². The highest BCUT2D eigenvalue weighted by Gasteiger charge is 2.36. The van der Waals surface area contributed by atoms with Crippen molar-refractivity contribution in [2.24, 2.45) is 5.92 Å². The van der Waals surface area contributed by atoms with Gasteiger partial charge < -0.3 is 9.30 Å². The summed E-state index contributed by atoms with van der Waals surface area (Å²) in [6.07, 6.45) is 3.99. The van der Waals surface area contributed by atoms with E-state index in [2.05, 4.69) is 55.9 Å². The van der Waals surface area contributed by atoms with Gasteiger partial charge in [0.25, 0.3) is 0 Å². The van der Waals surface area contributed by atoms with Crippen molar-refractivity contribution in [3.63, 3.8) is 0 Å². The Morgan fingerprint density at radius 3 is 2.75 bits per heavy atom.